The first-order chi connectivity index (χ1) is 12.5. The lowest BCUT2D eigenvalue weighted by Crippen LogP contribution is -2.38. The number of rotatable bonds is 5. The number of benzene rings is 2. The third kappa shape index (κ3) is 3.86. The summed E-state index contributed by atoms with van der Waals surface area (Å²) in [4.78, 5) is 38.5. The minimum absolute atomic E-state index is 0.212. The molecule has 1 N–H and O–H groups in total. The molecule has 7 heteroatoms. The molecule has 3 aromatic rings. The summed E-state index contributed by atoms with van der Waals surface area (Å²) in [7, 11) is 1.67. The monoisotopic (exact) mass is 371 g/mol. The number of aromatic nitrogens is 2. The molecule has 134 valence electrons. The Balaban J connectivity index is 1.72. The molecule has 6 nitrogen and oxygen atoms in total. The maximum atomic E-state index is 12.5. The molecule has 0 aliphatic carbocycles. The minimum atomic E-state index is -0.392. The number of halogens is 1. The number of carbonyl (C=O) groups excluding carboxylic acids is 1. The van der Waals surface area contributed by atoms with E-state index in [4.69, 9.17) is 11.6 Å². The van der Waals surface area contributed by atoms with Gasteiger partial charge in [0.2, 0.25) is 5.91 Å². The second kappa shape index (κ2) is 7.58. The molecule has 0 spiro atoms. The average Bonchev–Trinajstić information content (AvgIpc) is 2.65. The molecule has 0 unspecified atom stereocenters. The topological polar surface area (TPSA) is 75.2 Å². The Morgan fingerprint density at radius 3 is 2.42 bits per heavy atom. The number of aromatic amines is 1. The number of nitrogens with one attached hydrogen (secondary N) is 1. The fourth-order valence-electron chi connectivity index (χ4n) is 2.69. The Bertz CT molecular complexity index is 1050. The number of amides is 1. The zero-order chi connectivity index (χ0) is 18.7. The second-order valence-corrected chi connectivity index (χ2v) is 6.51. The molecule has 26 heavy (non-hydrogen) atoms. The highest BCUT2D eigenvalue weighted by atomic mass is 35.5. The van der Waals surface area contributed by atoms with Crippen molar-refractivity contribution in [2.45, 2.75) is 13.0 Å². The van der Waals surface area contributed by atoms with Gasteiger partial charge in [-0.1, -0.05) is 35.9 Å². The van der Waals surface area contributed by atoms with Gasteiger partial charge in [-0.2, -0.15) is 0 Å². The zero-order valence-corrected chi connectivity index (χ0v) is 15.0. The number of likely N-dealkylation sites (N-methyl/N-ethyl adjacent to an activating group) is 1. The lowest BCUT2D eigenvalue weighted by molar-refractivity contribution is -0.130. The summed E-state index contributed by atoms with van der Waals surface area (Å²) in [5.41, 5.74) is 0.279. The normalized spacial score (nSPS) is 10.8. The Morgan fingerprint density at radius 1 is 1.08 bits per heavy atom. The molecule has 0 aliphatic heterocycles. The Kier molecular flexibility index (Phi) is 5.23. The van der Waals surface area contributed by atoms with Crippen molar-refractivity contribution in [3.05, 3.63) is 79.8 Å². The Morgan fingerprint density at radius 2 is 1.73 bits per heavy atom. The van der Waals surface area contributed by atoms with Crippen LogP contribution in [-0.4, -0.2) is 34.2 Å². The first-order valence-corrected chi connectivity index (χ1v) is 8.54. The third-order valence-electron chi connectivity index (χ3n) is 4.25. The Hall–Kier alpha value is -2.86. The van der Waals surface area contributed by atoms with Crippen molar-refractivity contribution in [3.8, 4) is 0 Å². The van der Waals surface area contributed by atoms with Gasteiger partial charge < -0.3 is 4.90 Å². The molecule has 1 aromatic heterocycles. The van der Waals surface area contributed by atoms with E-state index in [9.17, 15) is 14.4 Å². The summed E-state index contributed by atoms with van der Waals surface area (Å²) in [5, 5.41) is 3.75. The minimum Gasteiger partial charge on any atom is -0.344 e. The van der Waals surface area contributed by atoms with Gasteiger partial charge in [0, 0.05) is 18.6 Å². The summed E-state index contributed by atoms with van der Waals surface area (Å²) in [6.45, 7) is 0.281. The van der Waals surface area contributed by atoms with Crippen LogP contribution < -0.4 is 11.1 Å². The van der Waals surface area contributed by atoms with Gasteiger partial charge in [0.25, 0.3) is 11.1 Å². The zero-order valence-electron chi connectivity index (χ0n) is 14.2. The number of nitrogens with zero attached hydrogens (tertiary/aromatic N) is 2. The molecule has 1 heterocycles. The number of fused-ring (bicyclic) bond motifs is 1. The van der Waals surface area contributed by atoms with E-state index in [-0.39, 0.29) is 18.0 Å². The van der Waals surface area contributed by atoms with E-state index < -0.39 is 5.56 Å². The van der Waals surface area contributed by atoms with Crippen LogP contribution in [0.15, 0.2) is 58.1 Å². The van der Waals surface area contributed by atoms with Crippen molar-refractivity contribution in [1.29, 1.82) is 0 Å². The van der Waals surface area contributed by atoms with Crippen LogP contribution in [0, 0.1) is 0 Å². The maximum Gasteiger partial charge on any atom is 0.273 e. The van der Waals surface area contributed by atoms with E-state index in [0.717, 1.165) is 10.2 Å². The molecule has 0 atom stereocenters. The average molecular weight is 372 g/mol. The van der Waals surface area contributed by atoms with Gasteiger partial charge in [-0.15, -0.1) is 0 Å². The molecule has 0 aliphatic rings. The van der Waals surface area contributed by atoms with Crippen molar-refractivity contribution in [2.24, 2.45) is 0 Å². The fourth-order valence-corrected chi connectivity index (χ4v) is 2.81. The van der Waals surface area contributed by atoms with Gasteiger partial charge in [0.05, 0.1) is 10.8 Å². The highest BCUT2D eigenvalue weighted by Crippen LogP contribution is 2.10. The second-order valence-electron chi connectivity index (χ2n) is 6.07. The van der Waals surface area contributed by atoms with Crippen LogP contribution in [0.25, 0.3) is 10.8 Å². The summed E-state index contributed by atoms with van der Waals surface area (Å²) in [6, 6.07) is 14.0. The van der Waals surface area contributed by atoms with Crippen LogP contribution in [0.4, 0.5) is 0 Å². The number of hydrogen-bond donors (Lipinski definition) is 1. The van der Waals surface area contributed by atoms with E-state index in [1.54, 1.807) is 43.4 Å². The van der Waals surface area contributed by atoms with Gasteiger partial charge >= 0.3 is 0 Å². The smallest absolute Gasteiger partial charge is 0.273 e. The van der Waals surface area contributed by atoms with E-state index in [2.05, 4.69) is 5.10 Å². The van der Waals surface area contributed by atoms with Crippen LogP contribution >= 0.6 is 11.6 Å². The molecule has 0 fully saturated rings. The first kappa shape index (κ1) is 17.9. The molecule has 1 amide bonds. The first-order valence-electron chi connectivity index (χ1n) is 8.16. The predicted molar refractivity (Wildman–Crippen MR) is 102 cm³/mol. The highest BCUT2D eigenvalue weighted by Gasteiger charge is 2.13. The van der Waals surface area contributed by atoms with Gasteiger partial charge in [-0.25, -0.2) is 4.68 Å². The van der Waals surface area contributed by atoms with Crippen LogP contribution in [0.5, 0.6) is 0 Å². The van der Waals surface area contributed by atoms with Gasteiger partial charge in [0.15, 0.2) is 0 Å². The van der Waals surface area contributed by atoms with Gasteiger partial charge in [-0.05, 0) is 36.2 Å². The number of H-pyrrole nitrogens is 1. The largest absolute Gasteiger partial charge is 0.344 e. The molecular formula is C19H18ClN3O3. The van der Waals surface area contributed by atoms with Crippen molar-refractivity contribution < 1.29 is 4.79 Å². The summed E-state index contributed by atoms with van der Waals surface area (Å²) in [5.74, 6) is -0.257. The van der Waals surface area contributed by atoms with Crippen LogP contribution in [0.3, 0.4) is 0 Å². The van der Waals surface area contributed by atoms with E-state index in [1.807, 2.05) is 12.1 Å². The highest BCUT2D eigenvalue weighted by molar-refractivity contribution is 6.30. The molecule has 0 saturated carbocycles. The molecule has 0 radical (unpaired) electrons. The fraction of sp³-hybridized carbons (Fsp3) is 0.211. The maximum absolute atomic E-state index is 12.5. The van der Waals surface area contributed by atoms with Crippen LogP contribution in [0.1, 0.15) is 5.56 Å². The van der Waals surface area contributed by atoms with Gasteiger partial charge in [-0.3, -0.25) is 19.5 Å². The standard InChI is InChI=1S/C19H18ClN3O3/c1-22(11-10-13-6-8-14(20)9-7-13)17(24)12-23-19(26)16-5-3-2-4-15(16)18(25)21-23/h2-9H,10-12H2,1H3,(H,21,25). The lowest BCUT2D eigenvalue weighted by Gasteiger charge is -2.18. The summed E-state index contributed by atoms with van der Waals surface area (Å²) >= 11 is 5.86. The molecule has 0 bridgehead atoms. The quantitative estimate of drug-likeness (QED) is 0.745. The Labute approximate surface area is 154 Å². The van der Waals surface area contributed by atoms with Crippen LogP contribution in [0.2, 0.25) is 5.02 Å². The van der Waals surface area contributed by atoms with E-state index >= 15 is 0 Å². The predicted octanol–water partition coefficient (Wildman–Crippen LogP) is 2.04. The van der Waals surface area contributed by atoms with Gasteiger partial charge in [0.1, 0.15) is 6.54 Å². The van der Waals surface area contributed by atoms with Crippen molar-refractivity contribution in [1.82, 2.24) is 14.7 Å². The van der Waals surface area contributed by atoms with E-state index in [0.29, 0.717) is 28.8 Å². The van der Waals surface area contributed by atoms with Crippen molar-refractivity contribution >= 4 is 28.3 Å². The lowest BCUT2D eigenvalue weighted by atomic mass is 10.1. The molecule has 3 rings (SSSR count). The SMILES string of the molecule is CN(CCc1ccc(Cl)cc1)C(=O)Cn1[nH]c(=O)c2ccccc2c1=O. The molecule has 0 saturated heterocycles. The number of hydrogen-bond acceptors (Lipinski definition) is 3. The molecule has 2 aromatic carbocycles. The van der Waals surface area contributed by atoms with Crippen LogP contribution in [-0.2, 0) is 17.8 Å². The third-order valence-corrected chi connectivity index (χ3v) is 4.50. The summed E-state index contributed by atoms with van der Waals surface area (Å²) < 4.78 is 1.06. The van der Waals surface area contributed by atoms with Crippen molar-refractivity contribution in [2.75, 3.05) is 13.6 Å². The number of carbonyl (C=O) groups is 1. The van der Waals surface area contributed by atoms with Crippen molar-refractivity contribution in [3.63, 3.8) is 0 Å². The molecular weight excluding hydrogens is 354 g/mol. The van der Waals surface area contributed by atoms with E-state index in [1.165, 1.54) is 4.90 Å². The summed E-state index contributed by atoms with van der Waals surface area (Å²) in [6.07, 6.45) is 0.669.